The maximum atomic E-state index is 11.1. The van der Waals surface area contributed by atoms with E-state index in [1.165, 1.54) is 6.54 Å². The number of ether oxygens (including phenoxy) is 1. The van der Waals surface area contributed by atoms with Gasteiger partial charge in [0.15, 0.2) is 0 Å². The molecular weight excluding hydrogens is 603 g/mol. The molecule has 0 atom stereocenters. The number of carboxylic acids is 1. The van der Waals surface area contributed by atoms with Crippen LogP contribution in [0.3, 0.4) is 0 Å². The number of H-pyrrole nitrogens is 1. The number of hydrogen-bond acceptors (Lipinski definition) is 7. The number of aromatic amines is 1. The predicted octanol–water partition coefficient (Wildman–Crippen LogP) is 5.55. The molecule has 2 aromatic carbocycles. The molecule has 2 saturated heterocycles. The average molecular weight is 642 g/mol. The molecule has 5 N–H and O–H groups in total. The molecule has 4 heterocycles. The number of fused-ring (bicyclic) bond motifs is 2. The lowest BCUT2D eigenvalue weighted by molar-refractivity contribution is 0.0691. The molecule has 0 spiro atoms. The Kier molecular flexibility index (Phi) is 12.8. The molecule has 0 saturated carbocycles. The van der Waals surface area contributed by atoms with Gasteiger partial charge in [-0.05, 0) is 69.1 Å². The number of likely N-dealkylation sites (tertiary alicyclic amines) is 2. The summed E-state index contributed by atoms with van der Waals surface area (Å²) in [6.07, 6.45) is 5.77. The molecule has 2 aromatic heterocycles. The van der Waals surface area contributed by atoms with Crippen LogP contribution in [0, 0.1) is 0 Å². The number of aromatic carboxylic acids is 1. The van der Waals surface area contributed by atoms with Crippen LogP contribution in [-0.2, 0) is 6.61 Å². The summed E-state index contributed by atoms with van der Waals surface area (Å²) < 4.78 is 11.4. The second kappa shape index (κ2) is 15.8. The molecule has 9 nitrogen and oxygen atoms in total. The standard InChI is InChI=1S/C18H12ClNO4.C12H25N3O.2ClH/c19-12-3-1-6-16-17(12)10(9-24-16)8-23-15-5-2-4-13-11(15)7-14(20-13)18(21)22;13-11-1-5-14(6-2-11)9-10-15-7-3-12(16)4-8-15;;/h1-7,9,20H,8H2,(H,21,22);11-12,16H,1-10,13H2;2*1H. The summed E-state index contributed by atoms with van der Waals surface area (Å²) in [5.74, 6) is -0.414. The number of aromatic nitrogens is 1. The summed E-state index contributed by atoms with van der Waals surface area (Å²) in [7, 11) is 0. The normalized spacial score (nSPS) is 16.8. The molecule has 2 fully saturated rings. The van der Waals surface area contributed by atoms with Gasteiger partial charge < -0.3 is 39.9 Å². The van der Waals surface area contributed by atoms with Crippen molar-refractivity contribution < 1.29 is 24.2 Å². The monoisotopic (exact) mass is 640 g/mol. The minimum Gasteiger partial charge on any atom is -0.488 e. The van der Waals surface area contributed by atoms with Crippen LogP contribution in [0.5, 0.6) is 5.75 Å². The molecule has 230 valence electrons. The van der Waals surface area contributed by atoms with E-state index in [1.807, 2.05) is 12.1 Å². The van der Waals surface area contributed by atoms with E-state index in [-0.39, 0.29) is 43.2 Å². The van der Waals surface area contributed by atoms with Gasteiger partial charge in [0.05, 0.1) is 17.4 Å². The van der Waals surface area contributed by atoms with Gasteiger partial charge in [-0.2, -0.15) is 0 Å². The number of benzene rings is 2. The number of nitrogens with zero attached hydrogens (tertiary/aromatic N) is 2. The fourth-order valence-electron chi connectivity index (χ4n) is 5.34. The number of rotatable bonds is 7. The Balaban J connectivity index is 0.000000237. The van der Waals surface area contributed by atoms with Gasteiger partial charge in [0.1, 0.15) is 23.6 Å². The zero-order valence-corrected chi connectivity index (χ0v) is 25.7. The van der Waals surface area contributed by atoms with Crippen molar-refractivity contribution in [2.45, 2.75) is 44.4 Å². The van der Waals surface area contributed by atoms with Gasteiger partial charge >= 0.3 is 5.97 Å². The molecule has 0 bridgehead atoms. The molecule has 2 aliphatic rings. The summed E-state index contributed by atoms with van der Waals surface area (Å²) >= 11 is 6.23. The summed E-state index contributed by atoms with van der Waals surface area (Å²) in [6.45, 7) is 7.05. The predicted molar refractivity (Wildman–Crippen MR) is 171 cm³/mol. The van der Waals surface area contributed by atoms with E-state index in [4.69, 9.17) is 31.6 Å². The van der Waals surface area contributed by atoms with E-state index in [9.17, 15) is 9.90 Å². The number of nitrogens with one attached hydrogen (secondary N) is 1. The van der Waals surface area contributed by atoms with Gasteiger partial charge in [-0.25, -0.2) is 4.79 Å². The fourth-order valence-corrected chi connectivity index (χ4v) is 5.63. The SMILES string of the molecule is Cl.Cl.NC1CCN(CCN2CCC(O)CC2)CC1.O=C(O)c1cc2c(OCc3coc4cccc(Cl)c34)cccc2[nH]1. The number of nitrogens with two attached hydrogens (primary N) is 1. The Morgan fingerprint density at radius 2 is 1.67 bits per heavy atom. The lowest BCUT2D eigenvalue weighted by Gasteiger charge is -2.34. The molecule has 12 heteroatoms. The largest absolute Gasteiger partial charge is 0.488 e. The first-order chi connectivity index (χ1) is 19.4. The lowest BCUT2D eigenvalue weighted by atomic mass is 10.1. The van der Waals surface area contributed by atoms with Crippen LogP contribution in [0.25, 0.3) is 21.9 Å². The number of aliphatic hydroxyl groups excluding tert-OH is 1. The number of piperidine rings is 2. The quantitative estimate of drug-likeness (QED) is 0.207. The Hall–Kier alpha value is -2.50. The summed E-state index contributed by atoms with van der Waals surface area (Å²) in [6, 6.07) is 12.9. The van der Waals surface area contributed by atoms with E-state index in [1.54, 1.807) is 36.6 Å². The molecule has 2 aliphatic heterocycles. The number of furan rings is 1. The number of aliphatic hydroxyl groups is 1. The van der Waals surface area contributed by atoms with Crippen LogP contribution in [-0.4, -0.2) is 82.4 Å². The molecule has 0 amide bonds. The molecule has 0 unspecified atom stereocenters. The Labute approximate surface area is 262 Å². The van der Waals surface area contributed by atoms with Gasteiger partial charge in [-0.1, -0.05) is 23.7 Å². The van der Waals surface area contributed by atoms with Crippen molar-refractivity contribution in [3.63, 3.8) is 0 Å². The first-order valence-corrected chi connectivity index (χ1v) is 14.3. The van der Waals surface area contributed by atoms with Gasteiger partial charge in [0.25, 0.3) is 0 Å². The zero-order valence-electron chi connectivity index (χ0n) is 23.3. The van der Waals surface area contributed by atoms with Crippen molar-refractivity contribution in [1.82, 2.24) is 14.8 Å². The van der Waals surface area contributed by atoms with Gasteiger partial charge in [-0.3, -0.25) is 0 Å². The van der Waals surface area contributed by atoms with Crippen molar-refractivity contribution in [2.24, 2.45) is 5.73 Å². The molecule has 42 heavy (non-hydrogen) atoms. The third-order valence-corrected chi connectivity index (χ3v) is 8.10. The van der Waals surface area contributed by atoms with Crippen molar-refractivity contribution in [1.29, 1.82) is 0 Å². The summed E-state index contributed by atoms with van der Waals surface area (Å²) in [4.78, 5) is 19.0. The minimum absolute atomic E-state index is 0. The van der Waals surface area contributed by atoms with E-state index in [2.05, 4.69) is 14.8 Å². The first-order valence-electron chi connectivity index (χ1n) is 13.9. The fraction of sp³-hybridized carbons (Fsp3) is 0.433. The van der Waals surface area contributed by atoms with Gasteiger partial charge in [0.2, 0.25) is 0 Å². The smallest absolute Gasteiger partial charge is 0.352 e. The lowest BCUT2D eigenvalue weighted by Crippen LogP contribution is -2.45. The number of carboxylic acid groups (broad SMARTS) is 1. The summed E-state index contributed by atoms with van der Waals surface area (Å²) in [5, 5.41) is 20.7. The molecule has 4 aromatic rings. The maximum absolute atomic E-state index is 11.1. The molecule has 0 aliphatic carbocycles. The Bertz CT molecular complexity index is 1410. The van der Waals surface area contributed by atoms with Crippen LogP contribution in [0.15, 0.2) is 53.1 Å². The minimum atomic E-state index is -1.01. The number of hydrogen-bond donors (Lipinski definition) is 4. The molecular formula is C30H39Cl3N4O5. The highest BCUT2D eigenvalue weighted by Crippen LogP contribution is 2.31. The third kappa shape index (κ3) is 8.54. The third-order valence-electron chi connectivity index (χ3n) is 7.78. The average Bonchev–Trinajstić information content (AvgIpc) is 3.59. The highest BCUT2D eigenvalue weighted by Gasteiger charge is 2.20. The highest BCUT2D eigenvalue weighted by atomic mass is 35.5. The second-order valence-corrected chi connectivity index (χ2v) is 11.0. The van der Waals surface area contributed by atoms with Crippen molar-refractivity contribution in [3.8, 4) is 5.75 Å². The maximum Gasteiger partial charge on any atom is 0.352 e. The van der Waals surface area contributed by atoms with Crippen LogP contribution in [0.1, 0.15) is 41.7 Å². The topological polar surface area (TPSA) is 128 Å². The van der Waals surface area contributed by atoms with E-state index < -0.39 is 5.97 Å². The van der Waals surface area contributed by atoms with Gasteiger partial charge in [-0.15, -0.1) is 24.8 Å². The second-order valence-electron chi connectivity index (χ2n) is 10.6. The van der Waals surface area contributed by atoms with Crippen LogP contribution in [0.4, 0.5) is 0 Å². The van der Waals surface area contributed by atoms with E-state index in [0.29, 0.717) is 33.3 Å². The summed E-state index contributed by atoms with van der Waals surface area (Å²) in [5.41, 5.74) is 8.26. The highest BCUT2D eigenvalue weighted by molar-refractivity contribution is 6.35. The van der Waals surface area contributed by atoms with Crippen molar-refractivity contribution in [2.75, 3.05) is 39.3 Å². The van der Waals surface area contributed by atoms with Crippen molar-refractivity contribution in [3.05, 3.63) is 65.0 Å². The Morgan fingerprint density at radius 1 is 1.02 bits per heavy atom. The number of carbonyl (C=O) groups is 1. The van der Waals surface area contributed by atoms with E-state index >= 15 is 0 Å². The van der Waals surface area contributed by atoms with Crippen LogP contribution < -0.4 is 10.5 Å². The Morgan fingerprint density at radius 3 is 2.33 bits per heavy atom. The van der Waals surface area contributed by atoms with Crippen molar-refractivity contribution >= 4 is 64.3 Å². The van der Waals surface area contributed by atoms with Crippen LogP contribution in [0.2, 0.25) is 5.02 Å². The first kappa shape index (κ1) is 34.0. The zero-order chi connectivity index (χ0) is 28.1. The molecule has 6 rings (SSSR count). The number of halogens is 3. The molecule has 0 radical (unpaired) electrons. The van der Waals surface area contributed by atoms with Gasteiger partial charge in [0, 0.05) is 54.1 Å². The van der Waals surface area contributed by atoms with Crippen LogP contribution >= 0.6 is 36.4 Å². The van der Waals surface area contributed by atoms with E-state index in [0.717, 1.165) is 69.4 Å².